The number of hydrogen-bond acceptors (Lipinski definition) is 0. The van der Waals surface area contributed by atoms with Crippen molar-refractivity contribution in [3.8, 4) is 0 Å². The summed E-state index contributed by atoms with van der Waals surface area (Å²) in [5.41, 5.74) is 6.27. The Morgan fingerprint density at radius 2 is 1.06 bits per heavy atom. The van der Waals surface area contributed by atoms with Gasteiger partial charge in [-0.1, -0.05) is 52.0 Å². The number of allylic oxidation sites excluding steroid dienone is 2. The van der Waals surface area contributed by atoms with Crippen molar-refractivity contribution >= 4 is 0 Å². The third kappa shape index (κ3) is 2.53. The summed E-state index contributed by atoms with van der Waals surface area (Å²) in [5, 5.41) is 0. The Morgan fingerprint density at radius 3 is 1.33 bits per heavy atom. The SMILES string of the molecule is CC.CC.Cc1ccc(C)c2c1C1C=CC2CC1. The molecule has 0 saturated heterocycles. The van der Waals surface area contributed by atoms with E-state index in [1.807, 2.05) is 27.7 Å². The molecule has 0 N–H and O–H groups in total. The van der Waals surface area contributed by atoms with Crippen molar-refractivity contribution in [2.24, 2.45) is 0 Å². The van der Waals surface area contributed by atoms with E-state index in [1.165, 1.54) is 24.0 Å². The molecule has 1 aromatic rings. The Labute approximate surface area is 113 Å². The highest BCUT2D eigenvalue weighted by atomic mass is 14.3. The maximum atomic E-state index is 2.42. The molecule has 18 heavy (non-hydrogen) atoms. The van der Waals surface area contributed by atoms with Gasteiger partial charge in [-0.2, -0.15) is 0 Å². The zero-order valence-electron chi connectivity index (χ0n) is 12.9. The fraction of sp³-hybridized carbons (Fsp3) is 0.556. The van der Waals surface area contributed by atoms with Crippen LogP contribution >= 0.6 is 0 Å². The van der Waals surface area contributed by atoms with Crippen LogP contribution in [-0.2, 0) is 0 Å². The first-order chi connectivity index (χ1) is 8.77. The zero-order valence-corrected chi connectivity index (χ0v) is 12.9. The van der Waals surface area contributed by atoms with E-state index in [9.17, 15) is 0 Å². The average molecular weight is 244 g/mol. The molecule has 0 radical (unpaired) electrons. The standard InChI is InChI=1S/C14H16.2C2H6/c1-9-3-4-10(2)14-12-7-5-11(6-8-12)13(9)14;2*1-2/h3-5,7,11-12H,6,8H2,1-2H3;2*1-2H3. The van der Waals surface area contributed by atoms with Crippen molar-refractivity contribution in [1.29, 1.82) is 0 Å². The number of fused-ring (bicyclic) bond motifs is 1. The van der Waals surface area contributed by atoms with Crippen LogP contribution in [0.25, 0.3) is 0 Å². The van der Waals surface area contributed by atoms with Crippen molar-refractivity contribution in [2.45, 2.75) is 66.2 Å². The van der Waals surface area contributed by atoms with Crippen molar-refractivity contribution in [2.75, 3.05) is 0 Å². The summed E-state index contributed by atoms with van der Waals surface area (Å²) in [6, 6.07) is 4.56. The Bertz CT molecular complexity index is 373. The number of rotatable bonds is 0. The third-order valence-electron chi connectivity index (χ3n) is 3.83. The molecule has 0 aromatic heterocycles. The second-order valence-electron chi connectivity index (χ2n) is 4.70. The summed E-state index contributed by atoms with van der Waals surface area (Å²) in [6.45, 7) is 12.5. The van der Waals surface area contributed by atoms with Gasteiger partial charge in [-0.05, 0) is 48.9 Å². The second kappa shape index (κ2) is 6.78. The van der Waals surface area contributed by atoms with E-state index in [-0.39, 0.29) is 0 Å². The molecule has 2 atom stereocenters. The van der Waals surface area contributed by atoms with E-state index < -0.39 is 0 Å². The minimum Gasteiger partial charge on any atom is -0.0804 e. The van der Waals surface area contributed by atoms with Gasteiger partial charge in [-0.3, -0.25) is 0 Å². The quantitative estimate of drug-likeness (QED) is 0.499. The lowest BCUT2D eigenvalue weighted by Gasteiger charge is -2.36. The molecule has 0 nitrogen and oxygen atoms in total. The number of benzene rings is 1. The molecule has 0 saturated carbocycles. The predicted octanol–water partition coefficient (Wildman–Crippen LogP) is 5.89. The van der Waals surface area contributed by atoms with Crippen molar-refractivity contribution in [3.63, 3.8) is 0 Å². The summed E-state index contributed by atoms with van der Waals surface area (Å²) in [6.07, 6.45) is 7.56. The highest BCUT2D eigenvalue weighted by Gasteiger charge is 2.30. The van der Waals surface area contributed by atoms with Crippen molar-refractivity contribution in [3.05, 3.63) is 46.5 Å². The van der Waals surface area contributed by atoms with Gasteiger partial charge >= 0.3 is 0 Å². The van der Waals surface area contributed by atoms with E-state index in [4.69, 9.17) is 0 Å². The first-order valence-corrected chi connectivity index (χ1v) is 7.55. The first kappa shape index (κ1) is 15.0. The minimum absolute atomic E-state index is 0.717. The smallest absolute Gasteiger partial charge is 0.00241 e. The summed E-state index contributed by atoms with van der Waals surface area (Å²) >= 11 is 0. The van der Waals surface area contributed by atoms with Crippen molar-refractivity contribution < 1.29 is 0 Å². The molecule has 0 amide bonds. The molecule has 0 spiro atoms. The Kier molecular flexibility index (Phi) is 5.65. The topological polar surface area (TPSA) is 0 Å². The average Bonchev–Trinajstić information content (AvgIpc) is 2.48. The molecule has 4 rings (SSSR count). The zero-order chi connectivity index (χ0) is 13.7. The first-order valence-electron chi connectivity index (χ1n) is 7.55. The predicted molar refractivity (Wildman–Crippen MR) is 82.5 cm³/mol. The summed E-state index contributed by atoms with van der Waals surface area (Å²) in [4.78, 5) is 0. The van der Waals surface area contributed by atoms with Crippen LogP contribution in [0.15, 0.2) is 24.3 Å². The van der Waals surface area contributed by atoms with Crippen LogP contribution < -0.4 is 0 Å². The van der Waals surface area contributed by atoms with Gasteiger partial charge in [0, 0.05) is 11.8 Å². The van der Waals surface area contributed by atoms with Gasteiger partial charge in [-0.25, -0.2) is 0 Å². The molecular formula is C18H28. The lowest BCUT2D eigenvalue weighted by Crippen LogP contribution is -2.19. The number of hydrogen-bond donors (Lipinski definition) is 0. The second-order valence-corrected chi connectivity index (χ2v) is 4.70. The monoisotopic (exact) mass is 244 g/mol. The van der Waals surface area contributed by atoms with Crippen molar-refractivity contribution in [1.82, 2.24) is 0 Å². The van der Waals surface area contributed by atoms with Gasteiger partial charge in [0.05, 0.1) is 0 Å². The van der Waals surface area contributed by atoms with E-state index in [1.54, 1.807) is 11.1 Å². The molecule has 3 aliphatic carbocycles. The molecule has 2 unspecified atom stereocenters. The van der Waals surface area contributed by atoms with Gasteiger partial charge in [0.1, 0.15) is 0 Å². The van der Waals surface area contributed by atoms with Gasteiger partial charge in [0.15, 0.2) is 0 Å². The van der Waals surface area contributed by atoms with Gasteiger partial charge in [-0.15, -0.1) is 0 Å². The summed E-state index contributed by atoms with van der Waals surface area (Å²) in [5.74, 6) is 1.43. The fourth-order valence-corrected chi connectivity index (χ4v) is 3.14. The molecule has 0 heterocycles. The Hall–Kier alpha value is -1.04. The highest BCUT2D eigenvalue weighted by Crippen LogP contribution is 2.47. The van der Waals surface area contributed by atoms with Gasteiger partial charge in [0.25, 0.3) is 0 Å². The molecular weight excluding hydrogens is 216 g/mol. The van der Waals surface area contributed by atoms with Crippen LogP contribution in [0, 0.1) is 13.8 Å². The molecule has 1 aromatic carbocycles. The van der Waals surface area contributed by atoms with E-state index in [2.05, 4.69) is 38.1 Å². The van der Waals surface area contributed by atoms with E-state index in [0.29, 0.717) is 0 Å². The summed E-state index contributed by atoms with van der Waals surface area (Å²) < 4.78 is 0. The Balaban J connectivity index is 0.000000371. The van der Waals surface area contributed by atoms with Crippen LogP contribution in [0.5, 0.6) is 0 Å². The molecule has 0 heteroatoms. The van der Waals surface area contributed by atoms with Gasteiger partial charge in [0.2, 0.25) is 0 Å². The number of aryl methyl sites for hydroxylation is 2. The lowest BCUT2D eigenvalue weighted by molar-refractivity contribution is 0.548. The molecule has 0 fully saturated rings. The molecule has 100 valence electrons. The minimum atomic E-state index is 0.717. The molecule has 2 bridgehead atoms. The maximum Gasteiger partial charge on any atom is 0.00241 e. The van der Waals surface area contributed by atoms with Crippen LogP contribution in [-0.4, -0.2) is 0 Å². The largest absolute Gasteiger partial charge is 0.0804 e. The fourth-order valence-electron chi connectivity index (χ4n) is 3.14. The normalized spacial score (nSPS) is 22.3. The van der Waals surface area contributed by atoms with E-state index >= 15 is 0 Å². The van der Waals surface area contributed by atoms with Gasteiger partial charge < -0.3 is 0 Å². The van der Waals surface area contributed by atoms with Crippen LogP contribution in [0.4, 0.5) is 0 Å². The van der Waals surface area contributed by atoms with E-state index in [0.717, 1.165) is 11.8 Å². The molecule has 0 aliphatic heterocycles. The van der Waals surface area contributed by atoms with Crippen LogP contribution in [0.3, 0.4) is 0 Å². The van der Waals surface area contributed by atoms with Crippen LogP contribution in [0.2, 0.25) is 0 Å². The third-order valence-corrected chi connectivity index (χ3v) is 3.83. The summed E-state index contributed by atoms with van der Waals surface area (Å²) in [7, 11) is 0. The maximum absolute atomic E-state index is 2.42. The van der Waals surface area contributed by atoms with Crippen LogP contribution in [0.1, 0.15) is 74.6 Å². The highest BCUT2D eigenvalue weighted by molar-refractivity contribution is 5.51. The Morgan fingerprint density at radius 1 is 0.722 bits per heavy atom. The lowest BCUT2D eigenvalue weighted by atomic mass is 9.69. The molecule has 3 aliphatic rings.